The van der Waals surface area contributed by atoms with Gasteiger partial charge in [0, 0.05) is 24.5 Å². The van der Waals surface area contributed by atoms with E-state index in [1.807, 2.05) is 0 Å². The molecule has 0 radical (unpaired) electrons. The predicted molar refractivity (Wildman–Crippen MR) is 66.5 cm³/mol. The summed E-state index contributed by atoms with van der Waals surface area (Å²) in [5.41, 5.74) is 6.59. The highest BCUT2D eigenvalue weighted by molar-refractivity contribution is 6.31. The zero-order chi connectivity index (χ0) is 13.0. The molecule has 1 unspecified atom stereocenters. The van der Waals surface area contributed by atoms with Crippen molar-refractivity contribution in [2.45, 2.75) is 12.5 Å². The number of carbonyl (C=O) groups excluding carboxylic acids is 1. The fourth-order valence-corrected chi connectivity index (χ4v) is 1.69. The van der Waals surface area contributed by atoms with Gasteiger partial charge in [0.15, 0.2) is 0 Å². The molecule has 1 aromatic rings. The van der Waals surface area contributed by atoms with Crippen LogP contribution in [0.15, 0.2) is 18.2 Å². The lowest BCUT2D eigenvalue weighted by Crippen LogP contribution is -2.35. The van der Waals surface area contributed by atoms with Gasteiger partial charge in [-0.25, -0.2) is 5.84 Å². The molecule has 0 heterocycles. The Morgan fingerprint density at radius 2 is 2.24 bits per heavy atom. The number of halogens is 1. The van der Waals surface area contributed by atoms with Crippen molar-refractivity contribution in [1.82, 2.24) is 5.01 Å². The second-order valence-corrected chi connectivity index (χ2v) is 4.11. The molecule has 94 valence electrons. The lowest BCUT2D eigenvalue weighted by molar-refractivity contribution is -0.130. The standard InChI is InChI=1S/C11H16ClN3O2/c1-15(14)11(16)6-10(13)8-4-3-7(17-2)5-9(8)12/h3-5,10H,6,13-14H2,1-2H3. The molecule has 5 nitrogen and oxygen atoms in total. The summed E-state index contributed by atoms with van der Waals surface area (Å²) in [5.74, 6) is 5.72. The molecule has 0 spiro atoms. The van der Waals surface area contributed by atoms with Gasteiger partial charge in [-0.05, 0) is 17.7 Å². The van der Waals surface area contributed by atoms with Crippen LogP contribution in [0.25, 0.3) is 0 Å². The van der Waals surface area contributed by atoms with Gasteiger partial charge in [0.2, 0.25) is 5.91 Å². The van der Waals surface area contributed by atoms with Crippen LogP contribution in [0.1, 0.15) is 18.0 Å². The molecule has 0 fully saturated rings. The Kier molecular flexibility index (Phi) is 4.74. The minimum absolute atomic E-state index is 0.110. The van der Waals surface area contributed by atoms with Crippen molar-refractivity contribution in [3.8, 4) is 5.75 Å². The van der Waals surface area contributed by atoms with Crippen molar-refractivity contribution >= 4 is 17.5 Å². The third-order valence-corrected chi connectivity index (χ3v) is 2.72. The average molecular weight is 258 g/mol. The number of amides is 1. The average Bonchev–Trinajstić information content (AvgIpc) is 2.28. The normalized spacial score (nSPS) is 12.1. The van der Waals surface area contributed by atoms with Gasteiger partial charge in [0.1, 0.15) is 5.75 Å². The van der Waals surface area contributed by atoms with Crippen LogP contribution in [0, 0.1) is 0 Å². The first-order valence-electron chi connectivity index (χ1n) is 5.06. The van der Waals surface area contributed by atoms with Crippen LogP contribution in [0.4, 0.5) is 0 Å². The fraction of sp³-hybridized carbons (Fsp3) is 0.364. The molecule has 1 aromatic carbocycles. The van der Waals surface area contributed by atoms with E-state index in [0.717, 1.165) is 5.01 Å². The smallest absolute Gasteiger partial charge is 0.238 e. The Hall–Kier alpha value is -1.30. The van der Waals surface area contributed by atoms with Gasteiger partial charge >= 0.3 is 0 Å². The molecular weight excluding hydrogens is 242 g/mol. The minimum atomic E-state index is -0.480. The van der Waals surface area contributed by atoms with Crippen molar-refractivity contribution < 1.29 is 9.53 Å². The maximum atomic E-state index is 11.4. The summed E-state index contributed by atoms with van der Waals surface area (Å²) in [4.78, 5) is 11.4. The van der Waals surface area contributed by atoms with Gasteiger partial charge in [-0.15, -0.1) is 0 Å². The number of nitrogens with zero attached hydrogens (tertiary/aromatic N) is 1. The summed E-state index contributed by atoms with van der Waals surface area (Å²) < 4.78 is 5.03. The highest BCUT2D eigenvalue weighted by Gasteiger charge is 2.16. The number of carbonyl (C=O) groups is 1. The van der Waals surface area contributed by atoms with Crippen molar-refractivity contribution in [2.24, 2.45) is 11.6 Å². The van der Waals surface area contributed by atoms with Gasteiger partial charge in [-0.2, -0.15) is 0 Å². The van der Waals surface area contributed by atoms with Crippen molar-refractivity contribution in [3.05, 3.63) is 28.8 Å². The zero-order valence-electron chi connectivity index (χ0n) is 9.81. The molecule has 0 aromatic heterocycles. The summed E-state index contributed by atoms with van der Waals surface area (Å²) in [6, 6.07) is 4.67. The molecule has 1 atom stereocenters. The molecule has 1 rings (SSSR count). The maximum Gasteiger partial charge on any atom is 0.238 e. The monoisotopic (exact) mass is 257 g/mol. The van der Waals surface area contributed by atoms with Crippen LogP contribution in [-0.2, 0) is 4.79 Å². The largest absolute Gasteiger partial charge is 0.497 e. The quantitative estimate of drug-likeness (QED) is 0.480. The number of hydrogen-bond acceptors (Lipinski definition) is 4. The molecule has 0 aliphatic heterocycles. The SMILES string of the molecule is COc1ccc(C(N)CC(=O)N(C)N)c(Cl)c1. The Balaban J connectivity index is 2.82. The first-order valence-corrected chi connectivity index (χ1v) is 5.43. The summed E-state index contributed by atoms with van der Waals surface area (Å²) in [6.45, 7) is 0. The molecule has 17 heavy (non-hydrogen) atoms. The van der Waals surface area contributed by atoms with Gasteiger partial charge in [0.25, 0.3) is 0 Å². The molecule has 0 aliphatic carbocycles. The third-order valence-electron chi connectivity index (χ3n) is 2.40. The van der Waals surface area contributed by atoms with E-state index in [2.05, 4.69) is 0 Å². The van der Waals surface area contributed by atoms with Crippen LogP contribution in [0.5, 0.6) is 5.75 Å². The molecular formula is C11H16ClN3O2. The number of hydrogen-bond donors (Lipinski definition) is 2. The summed E-state index contributed by atoms with van der Waals surface area (Å²) >= 11 is 6.05. The van der Waals surface area contributed by atoms with E-state index in [4.69, 9.17) is 27.9 Å². The number of rotatable bonds is 4. The molecule has 0 saturated heterocycles. The highest BCUT2D eigenvalue weighted by atomic mass is 35.5. The zero-order valence-corrected chi connectivity index (χ0v) is 10.6. The van der Waals surface area contributed by atoms with E-state index < -0.39 is 6.04 Å². The minimum Gasteiger partial charge on any atom is -0.497 e. The molecule has 1 amide bonds. The number of hydrazine groups is 1. The van der Waals surface area contributed by atoms with Crippen LogP contribution >= 0.6 is 11.6 Å². The lowest BCUT2D eigenvalue weighted by Gasteiger charge is -2.16. The number of ether oxygens (including phenoxy) is 1. The van der Waals surface area contributed by atoms with Crippen LogP contribution in [0.2, 0.25) is 5.02 Å². The number of nitrogens with two attached hydrogens (primary N) is 2. The second kappa shape index (κ2) is 5.86. The predicted octanol–water partition coefficient (Wildman–Crippen LogP) is 1.07. The van der Waals surface area contributed by atoms with Gasteiger partial charge in [0.05, 0.1) is 7.11 Å². The Morgan fingerprint density at radius 1 is 1.59 bits per heavy atom. The molecule has 6 heteroatoms. The number of methoxy groups -OCH3 is 1. The molecule has 0 bridgehead atoms. The fourth-order valence-electron chi connectivity index (χ4n) is 1.38. The summed E-state index contributed by atoms with van der Waals surface area (Å²) in [5, 5.41) is 1.49. The molecule has 4 N–H and O–H groups in total. The van der Waals surface area contributed by atoms with E-state index >= 15 is 0 Å². The first kappa shape index (κ1) is 13.8. The van der Waals surface area contributed by atoms with Crippen LogP contribution < -0.4 is 16.3 Å². The van der Waals surface area contributed by atoms with E-state index in [1.165, 1.54) is 7.05 Å². The van der Waals surface area contributed by atoms with Gasteiger partial charge in [-0.1, -0.05) is 17.7 Å². The molecule has 0 saturated carbocycles. The van der Waals surface area contributed by atoms with Crippen LogP contribution in [0.3, 0.4) is 0 Å². The topological polar surface area (TPSA) is 81.6 Å². The third kappa shape index (κ3) is 3.59. The van der Waals surface area contributed by atoms with Crippen LogP contribution in [-0.4, -0.2) is 25.1 Å². The Bertz CT molecular complexity index is 410. The van der Waals surface area contributed by atoms with Crippen molar-refractivity contribution in [1.29, 1.82) is 0 Å². The number of benzene rings is 1. The van der Waals surface area contributed by atoms with E-state index in [-0.39, 0.29) is 12.3 Å². The summed E-state index contributed by atoms with van der Waals surface area (Å²) in [6.07, 6.45) is 0.110. The second-order valence-electron chi connectivity index (χ2n) is 3.70. The van der Waals surface area contributed by atoms with Crippen molar-refractivity contribution in [2.75, 3.05) is 14.2 Å². The molecule has 0 aliphatic rings. The Labute approximate surface area is 105 Å². The van der Waals surface area contributed by atoms with Gasteiger partial charge < -0.3 is 10.5 Å². The van der Waals surface area contributed by atoms with Crippen molar-refractivity contribution in [3.63, 3.8) is 0 Å². The maximum absolute atomic E-state index is 11.4. The van der Waals surface area contributed by atoms with E-state index in [1.54, 1.807) is 25.3 Å². The lowest BCUT2D eigenvalue weighted by atomic mass is 10.0. The highest BCUT2D eigenvalue weighted by Crippen LogP contribution is 2.27. The van der Waals surface area contributed by atoms with Gasteiger partial charge in [-0.3, -0.25) is 9.80 Å². The van der Waals surface area contributed by atoms with E-state index in [9.17, 15) is 4.79 Å². The first-order chi connectivity index (χ1) is 7.95. The Morgan fingerprint density at radius 3 is 2.71 bits per heavy atom. The summed E-state index contributed by atoms with van der Waals surface area (Å²) in [7, 11) is 3.03. The van der Waals surface area contributed by atoms with E-state index in [0.29, 0.717) is 16.3 Å².